The first-order chi connectivity index (χ1) is 6.61. The summed E-state index contributed by atoms with van der Waals surface area (Å²) in [7, 11) is -1.42. The Kier molecular flexibility index (Phi) is 2.69. The topological polar surface area (TPSA) is 66.5 Å². The molecule has 0 aliphatic rings. The van der Waals surface area contributed by atoms with Crippen LogP contribution in [0.3, 0.4) is 0 Å². The van der Waals surface area contributed by atoms with Gasteiger partial charge in [0.1, 0.15) is 0 Å². The van der Waals surface area contributed by atoms with Crippen LogP contribution in [0.4, 0.5) is 5.69 Å². The van der Waals surface area contributed by atoms with Gasteiger partial charge in [0.2, 0.25) is 0 Å². The largest absolute Gasteiger partial charge is 0.489 e. The molecule has 0 saturated heterocycles. The standard InChI is InChI=1S/C8H7BINO2S/c10-7-5(9(12)13)2-1-4-6(11)3-14-8(4)7/h1-3,12-13H,11H2. The maximum absolute atomic E-state index is 9.09. The van der Waals surface area contributed by atoms with Crippen LogP contribution in [0.15, 0.2) is 17.5 Å². The second-order valence-electron chi connectivity index (χ2n) is 2.91. The molecule has 0 aliphatic heterocycles. The Morgan fingerprint density at radius 3 is 2.71 bits per heavy atom. The Labute approximate surface area is 98.8 Å². The number of rotatable bonds is 1. The zero-order valence-electron chi connectivity index (χ0n) is 7.07. The summed E-state index contributed by atoms with van der Waals surface area (Å²) in [5.41, 5.74) is 7.02. The smallest absolute Gasteiger partial charge is 0.423 e. The van der Waals surface area contributed by atoms with E-state index in [0.717, 1.165) is 19.3 Å². The highest BCUT2D eigenvalue weighted by molar-refractivity contribution is 14.1. The predicted molar refractivity (Wildman–Crippen MR) is 68.8 cm³/mol. The van der Waals surface area contributed by atoms with E-state index in [2.05, 4.69) is 22.6 Å². The number of fused-ring (bicyclic) bond motifs is 1. The van der Waals surface area contributed by atoms with E-state index in [1.54, 1.807) is 6.07 Å². The average Bonchev–Trinajstić information content (AvgIpc) is 2.49. The molecule has 0 unspecified atom stereocenters. The Morgan fingerprint density at radius 1 is 1.36 bits per heavy atom. The van der Waals surface area contributed by atoms with E-state index in [9.17, 15) is 0 Å². The van der Waals surface area contributed by atoms with Gasteiger partial charge in [-0.05, 0) is 28.1 Å². The van der Waals surface area contributed by atoms with E-state index in [1.165, 1.54) is 11.3 Å². The van der Waals surface area contributed by atoms with E-state index in [0.29, 0.717) is 5.46 Å². The highest BCUT2D eigenvalue weighted by Crippen LogP contribution is 2.30. The second kappa shape index (κ2) is 3.69. The molecule has 1 aromatic heterocycles. The van der Waals surface area contributed by atoms with Crippen molar-refractivity contribution in [3.8, 4) is 0 Å². The molecule has 0 bridgehead atoms. The Morgan fingerprint density at radius 2 is 2.07 bits per heavy atom. The molecule has 2 aromatic rings. The summed E-state index contributed by atoms with van der Waals surface area (Å²) in [6.45, 7) is 0. The highest BCUT2D eigenvalue weighted by atomic mass is 127. The lowest BCUT2D eigenvalue weighted by Gasteiger charge is -2.03. The average molecular weight is 319 g/mol. The SMILES string of the molecule is Nc1csc2c(I)c(B(O)O)ccc12. The fourth-order valence-electron chi connectivity index (χ4n) is 1.30. The van der Waals surface area contributed by atoms with Crippen LogP contribution >= 0.6 is 33.9 Å². The van der Waals surface area contributed by atoms with Crippen molar-refractivity contribution in [2.75, 3.05) is 5.73 Å². The molecule has 2 rings (SSSR count). The Balaban J connectivity index is 2.76. The van der Waals surface area contributed by atoms with Gasteiger partial charge in [-0.1, -0.05) is 12.1 Å². The molecular weight excluding hydrogens is 312 g/mol. The van der Waals surface area contributed by atoms with E-state index in [4.69, 9.17) is 15.8 Å². The molecule has 1 aromatic carbocycles. The maximum atomic E-state index is 9.09. The number of nitrogen functional groups attached to an aromatic ring is 1. The van der Waals surface area contributed by atoms with Crippen LogP contribution in [0, 0.1) is 3.57 Å². The molecule has 0 fully saturated rings. The first-order valence-electron chi connectivity index (χ1n) is 3.92. The zero-order chi connectivity index (χ0) is 10.3. The fraction of sp³-hybridized carbons (Fsp3) is 0. The summed E-state index contributed by atoms with van der Waals surface area (Å²) in [6, 6.07) is 3.51. The minimum Gasteiger partial charge on any atom is -0.423 e. The monoisotopic (exact) mass is 319 g/mol. The lowest BCUT2D eigenvalue weighted by molar-refractivity contribution is 0.425. The van der Waals surface area contributed by atoms with Crippen molar-refractivity contribution in [1.29, 1.82) is 0 Å². The number of halogens is 1. The molecule has 14 heavy (non-hydrogen) atoms. The first kappa shape index (κ1) is 10.2. The minimum absolute atomic E-state index is 0.528. The van der Waals surface area contributed by atoms with E-state index < -0.39 is 7.12 Å². The van der Waals surface area contributed by atoms with Crippen molar-refractivity contribution in [3.05, 3.63) is 21.1 Å². The van der Waals surface area contributed by atoms with Crippen LogP contribution in [0.25, 0.3) is 10.1 Å². The van der Waals surface area contributed by atoms with Crippen LogP contribution in [-0.2, 0) is 0 Å². The van der Waals surface area contributed by atoms with Gasteiger partial charge in [0, 0.05) is 19.0 Å². The van der Waals surface area contributed by atoms with Gasteiger partial charge in [0.15, 0.2) is 0 Å². The first-order valence-corrected chi connectivity index (χ1v) is 5.88. The van der Waals surface area contributed by atoms with E-state index in [1.807, 2.05) is 11.4 Å². The molecule has 0 aliphatic carbocycles. The van der Waals surface area contributed by atoms with Crippen molar-refractivity contribution in [1.82, 2.24) is 0 Å². The van der Waals surface area contributed by atoms with Gasteiger partial charge in [-0.15, -0.1) is 11.3 Å². The third-order valence-corrected chi connectivity index (χ3v) is 4.58. The normalized spacial score (nSPS) is 10.8. The Bertz CT molecular complexity index is 485. The zero-order valence-corrected chi connectivity index (χ0v) is 10.0. The molecule has 4 N–H and O–H groups in total. The quantitative estimate of drug-likeness (QED) is 0.537. The molecule has 72 valence electrons. The van der Waals surface area contributed by atoms with Crippen LogP contribution in [-0.4, -0.2) is 17.2 Å². The van der Waals surface area contributed by atoms with Gasteiger partial charge in [-0.2, -0.15) is 0 Å². The van der Waals surface area contributed by atoms with Gasteiger partial charge < -0.3 is 15.8 Å². The summed E-state index contributed by atoms with van der Waals surface area (Å²) >= 11 is 3.62. The third kappa shape index (κ3) is 1.52. The van der Waals surface area contributed by atoms with Gasteiger partial charge in [-0.3, -0.25) is 0 Å². The summed E-state index contributed by atoms with van der Waals surface area (Å²) in [5.74, 6) is 0. The van der Waals surface area contributed by atoms with Crippen LogP contribution in [0.5, 0.6) is 0 Å². The van der Waals surface area contributed by atoms with Gasteiger partial charge in [0.25, 0.3) is 0 Å². The van der Waals surface area contributed by atoms with Crippen molar-refractivity contribution >= 4 is 62.3 Å². The van der Waals surface area contributed by atoms with Crippen LogP contribution in [0.2, 0.25) is 0 Å². The number of anilines is 1. The number of nitrogens with two attached hydrogens (primary N) is 1. The van der Waals surface area contributed by atoms with Crippen molar-refractivity contribution < 1.29 is 10.0 Å². The van der Waals surface area contributed by atoms with Crippen molar-refractivity contribution in [2.45, 2.75) is 0 Å². The number of hydrogen-bond acceptors (Lipinski definition) is 4. The molecule has 0 radical (unpaired) electrons. The highest BCUT2D eigenvalue weighted by Gasteiger charge is 2.17. The molecule has 1 heterocycles. The van der Waals surface area contributed by atoms with Crippen LogP contribution in [0.1, 0.15) is 0 Å². The molecule has 0 atom stereocenters. The fourth-order valence-corrected chi connectivity index (χ4v) is 3.34. The van der Waals surface area contributed by atoms with E-state index >= 15 is 0 Å². The minimum atomic E-state index is -1.42. The van der Waals surface area contributed by atoms with E-state index in [-0.39, 0.29) is 0 Å². The molecular formula is C8H7BINO2S. The number of thiophene rings is 1. The lowest BCUT2D eigenvalue weighted by Crippen LogP contribution is -2.32. The maximum Gasteiger partial charge on any atom is 0.489 e. The van der Waals surface area contributed by atoms with Gasteiger partial charge in [-0.25, -0.2) is 0 Å². The summed E-state index contributed by atoms with van der Waals surface area (Å²) in [5, 5.41) is 21.0. The molecule has 3 nitrogen and oxygen atoms in total. The van der Waals surface area contributed by atoms with Crippen LogP contribution < -0.4 is 11.2 Å². The van der Waals surface area contributed by atoms with Gasteiger partial charge in [0.05, 0.1) is 5.69 Å². The second-order valence-corrected chi connectivity index (χ2v) is 4.87. The number of hydrogen-bond donors (Lipinski definition) is 3. The van der Waals surface area contributed by atoms with Crippen molar-refractivity contribution in [2.24, 2.45) is 0 Å². The molecule has 6 heteroatoms. The molecule has 0 spiro atoms. The number of benzene rings is 1. The third-order valence-electron chi connectivity index (χ3n) is 2.02. The lowest BCUT2D eigenvalue weighted by atomic mass is 9.80. The summed E-state index contributed by atoms with van der Waals surface area (Å²) in [6.07, 6.45) is 0. The molecule has 0 amide bonds. The van der Waals surface area contributed by atoms with Gasteiger partial charge >= 0.3 is 7.12 Å². The summed E-state index contributed by atoms with van der Waals surface area (Å²) in [4.78, 5) is 0. The van der Waals surface area contributed by atoms with Crippen molar-refractivity contribution in [3.63, 3.8) is 0 Å². The molecule has 0 saturated carbocycles. The Hall–Kier alpha value is -0.305. The summed E-state index contributed by atoms with van der Waals surface area (Å²) < 4.78 is 1.87. The predicted octanol–water partition coefficient (Wildman–Crippen LogP) is 0.768.